The Balaban J connectivity index is 1.15. The maximum Gasteiger partial charge on any atom is 0.234 e. The molecule has 3 amide bonds. The lowest BCUT2D eigenvalue weighted by molar-refractivity contribution is -0.134. The highest BCUT2D eigenvalue weighted by atomic mass is 16.5. The highest BCUT2D eigenvalue weighted by Crippen LogP contribution is 2.27. The summed E-state index contributed by atoms with van der Waals surface area (Å²) < 4.78 is 10.6. The van der Waals surface area contributed by atoms with E-state index in [0.717, 1.165) is 29.7 Å². The number of aromatic nitrogens is 2. The summed E-state index contributed by atoms with van der Waals surface area (Å²) in [7, 11) is 3.21. The van der Waals surface area contributed by atoms with E-state index in [1.807, 2.05) is 48.5 Å². The number of amides is 3. The van der Waals surface area contributed by atoms with Crippen molar-refractivity contribution in [2.45, 2.75) is 51.0 Å². The third kappa shape index (κ3) is 9.01. The molecule has 0 atom stereocenters. The van der Waals surface area contributed by atoms with Gasteiger partial charge in [-0.05, 0) is 61.4 Å². The van der Waals surface area contributed by atoms with E-state index in [0.29, 0.717) is 61.9 Å². The molecule has 3 aromatic rings. The average Bonchev–Trinajstić information content (AvgIpc) is 3.08. The number of piperazine rings is 1. The molecular formula is C34H42N6O5. The molecule has 1 aromatic heterocycles. The Kier molecular flexibility index (Phi) is 11.0. The van der Waals surface area contributed by atoms with Crippen LogP contribution in [0.2, 0.25) is 0 Å². The fourth-order valence-electron chi connectivity index (χ4n) is 5.75. The Bertz CT molecular complexity index is 1380. The number of hydrogen-bond donors (Lipinski definition) is 2. The van der Waals surface area contributed by atoms with E-state index in [4.69, 9.17) is 14.5 Å². The summed E-state index contributed by atoms with van der Waals surface area (Å²) in [6, 6.07) is 16.9. The first kappa shape index (κ1) is 31.9. The predicted octanol–water partition coefficient (Wildman–Crippen LogP) is 4.14. The van der Waals surface area contributed by atoms with Crippen LogP contribution < -0.4 is 20.1 Å². The summed E-state index contributed by atoms with van der Waals surface area (Å²) in [6.07, 6.45) is 5.86. The van der Waals surface area contributed by atoms with Crippen LogP contribution in [0.25, 0.3) is 22.6 Å². The Morgan fingerprint density at radius 3 is 2.02 bits per heavy atom. The van der Waals surface area contributed by atoms with Crippen molar-refractivity contribution in [3.8, 4) is 34.1 Å². The molecule has 0 unspecified atom stereocenters. The zero-order chi connectivity index (χ0) is 31.6. The van der Waals surface area contributed by atoms with Crippen molar-refractivity contribution < 1.29 is 23.9 Å². The molecule has 0 spiro atoms. The van der Waals surface area contributed by atoms with E-state index in [2.05, 4.69) is 20.5 Å². The molecule has 0 bridgehead atoms. The number of nitrogens with zero attached hydrogens (tertiary/aromatic N) is 4. The van der Waals surface area contributed by atoms with Crippen LogP contribution in [0, 0.1) is 0 Å². The van der Waals surface area contributed by atoms with Crippen LogP contribution in [0.5, 0.6) is 11.5 Å². The Morgan fingerprint density at radius 2 is 1.40 bits per heavy atom. The normalized spacial score (nSPS) is 15.7. The zero-order valence-corrected chi connectivity index (χ0v) is 26.1. The first-order chi connectivity index (χ1) is 21.9. The van der Waals surface area contributed by atoms with Crippen LogP contribution in [0.4, 0.5) is 5.82 Å². The predicted molar refractivity (Wildman–Crippen MR) is 172 cm³/mol. The van der Waals surface area contributed by atoms with Crippen molar-refractivity contribution in [2.24, 2.45) is 0 Å². The van der Waals surface area contributed by atoms with Gasteiger partial charge in [0.25, 0.3) is 0 Å². The van der Waals surface area contributed by atoms with Crippen molar-refractivity contribution in [3.63, 3.8) is 0 Å². The van der Waals surface area contributed by atoms with Crippen molar-refractivity contribution >= 4 is 23.5 Å². The molecule has 238 valence electrons. The summed E-state index contributed by atoms with van der Waals surface area (Å²) in [6.45, 7) is 2.72. The van der Waals surface area contributed by atoms with Crippen LogP contribution in [-0.4, -0.2) is 90.5 Å². The topological polar surface area (TPSA) is 126 Å². The van der Waals surface area contributed by atoms with Gasteiger partial charge in [-0.25, -0.2) is 9.97 Å². The minimum absolute atomic E-state index is 0.0303. The number of methoxy groups -OCH3 is 2. The molecular weight excluding hydrogens is 572 g/mol. The summed E-state index contributed by atoms with van der Waals surface area (Å²) in [5, 5.41) is 6.03. The summed E-state index contributed by atoms with van der Waals surface area (Å²) >= 11 is 0. The van der Waals surface area contributed by atoms with Crippen LogP contribution in [0.15, 0.2) is 54.6 Å². The van der Waals surface area contributed by atoms with Crippen molar-refractivity contribution in [1.29, 1.82) is 0 Å². The fourth-order valence-corrected chi connectivity index (χ4v) is 5.75. The van der Waals surface area contributed by atoms with Gasteiger partial charge >= 0.3 is 0 Å². The minimum Gasteiger partial charge on any atom is -0.497 e. The highest BCUT2D eigenvalue weighted by Gasteiger charge is 2.24. The van der Waals surface area contributed by atoms with Crippen molar-refractivity contribution in [2.75, 3.05) is 52.3 Å². The second-order valence-corrected chi connectivity index (χ2v) is 11.5. The number of anilines is 1. The van der Waals surface area contributed by atoms with Gasteiger partial charge in [-0.15, -0.1) is 0 Å². The molecule has 1 saturated carbocycles. The van der Waals surface area contributed by atoms with E-state index in [-0.39, 0.29) is 30.6 Å². The Morgan fingerprint density at radius 1 is 0.778 bits per heavy atom. The molecule has 2 N–H and O–H groups in total. The molecule has 11 heteroatoms. The molecule has 0 radical (unpaired) electrons. The van der Waals surface area contributed by atoms with Gasteiger partial charge in [-0.3, -0.25) is 19.3 Å². The molecule has 1 aliphatic carbocycles. The van der Waals surface area contributed by atoms with Crippen LogP contribution in [-0.2, 0) is 14.4 Å². The fraction of sp³-hybridized carbons (Fsp3) is 0.441. The lowest BCUT2D eigenvalue weighted by Gasteiger charge is -2.34. The van der Waals surface area contributed by atoms with Gasteiger partial charge in [0, 0.05) is 62.3 Å². The number of carbonyl (C=O) groups excluding carboxylic acids is 3. The van der Waals surface area contributed by atoms with E-state index in [1.54, 1.807) is 25.2 Å². The van der Waals surface area contributed by atoms with Gasteiger partial charge < -0.3 is 25.0 Å². The highest BCUT2D eigenvalue weighted by molar-refractivity contribution is 5.93. The molecule has 45 heavy (non-hydrogen) atoms. The van der Waals surface area contributed by atoms with E-state index >= 15 is 0 Å². The first-order valence-electron chi connectivity index (χ1n) is 15.7. The maximum absolute atomic E-state index is 13.0. The molecule has 1 aliphatic heterocycles. The molecule has 2 fully saturated rings. The maximum atomic E-state index is 13.0. The van der Waals surface area contributed by atoms with E-state index in [9.17, 15) is 14.4 Å². The summed E-state index contributed by atoms with van der Waals surface area (Å²) in [4.78, 5) is 51.6. The number of benzene rings is 2. The Labute approximate surface area is 264 Å². The quantitative estimate of drug-likeness (QED) is 0.330. The van der Waals surface area contributed by atoms with Gasteiger partial charge in [0.05, 0.1) is 26.5 Å². The average molecular weight is 615 g/mol. The van der Waals surface area contributed by atoms with Crippen LogP contribution in [0.1, 0.15) is 44.9 Å². The van der Waals surface area contributed by atoms with E-state index < -0.39 is 0 Å². The van der Waals surface area contributed by atoms with Gasteiger partial charge in [0.15, 0.2) is 5.82 Å². The zero-order valence-electron chi connectivity index (χ0n) is 26.1. The minimum atomic E-state index is -0.304. The third-order valence-electron chi connectivity index (χ3n) is 8.36. The standard InChI is InChI=1S/C34H42N6O5/c1-44-27-12-8-24(9-13-27)29-22-30(38-34(36-29)25-10-14-28(45-2)15-11-25)37-31(41)16-17-33(43)40-20-18-39(19-21-40)23-32(42)35-26-6-4-3-5-7-26/h8-15,22,26H,3-7,16-21,23H2,1-2H3,(H,35,42)(H,36,37,38,41). The monoisotopic (exact) mass is 614 g/mol. The van der Waals surface area contributed by atoms with Gasteiger partial charge in [-0.2, -0.15) is 0 Å². The van der Waals surface area contributed by atoms with Crippen molar-refractivity contribution in [3.05, 3.63) is 54.6 Å². The molecule has 11 nitrogen and oxygen atoms in total. The van der Waals surface area contributed by atoms with Gasteiger partial charge in [0.1, 0.15) is 17.3 Å². The number of ether oxygens (including phenoxy) is 2. The Hall–Kier alpha value is -4.51. The number of nitrogens with one attached hydrogen (secondary N) is 2. The largest absolute Gasteiger partial charge is 0.497 e. The second kappa shape index (κ2) is 15.5. The van der Waals surface area contributed by atoms with E-state index in [1.165, 1.54) is 19.3 Å². The number of rotatable bonds is 11. The molecule has 5 rings (SSSR count). The third-order valence-corrected chi connectivity index (χ3v) is 8.36. The lowest BCUT2D eigenvalue weighted by atomic mass is 9.95. The number of carbonyl (C=O) groups is 3. The van der Waals surface area contributed by atoms with Crippen LogP contribution >= 0.6 is 0 Å². The molecule has 2 aromatic carbocycles. The molecule has 2 heterocycles. The molecule has 1 saturated heterocycles. The summed E-state index contributed by atoms with van der Waals surface area (Å²) in [5.74, 6) is 1.92. The summed E-state index contributed by atoms with van der Waals surface area (Å²) in [5.41, 5.74) is 2.24. The number of hydrogen-bond acceptors (Lipinski definition) is 8. The smallest absolute Gasteiger partial charge is 0.234 e. The van der Waals surface area contributed by atoms with Crippen molar-refractivity contribution in [1.82, 2.24) is 25.1 Å². The SMILES string of the molecule is COc1ccc(-c2cc(NC(=O)CCC(=O)N3CCN(CC(=O)NC4CCCCC4)CC3)nc(-c3ccc(OC)cc3)n2)cc1. The lowest BCUT2D eigenvalue weighted by Crippen LogP contribution is -2.52. The second-order valence-electron chi connectivity index (χ2n) is 11.5. The van der Waals surface area contributed by atoms with Gasteiger partial charge in [-0.1, -0.05) is 19.3 Å². The first-order valence-corrected chi connectivity index (χ1v) is 15.7. The van der Waals surface area contributed by atoms with Gasteiger partial charge in [0.2, 0.25) is 17.7 Å². The molecule has 2 aliphatic rings. The van der Waals surface area contributed by atoms with Crippen LogP contribution in [0.3, 0.4) is 0 Å².